The number of anilines is 1. The molecule has 3 N–H and O–H groups in total. The summed E-state index contributed by atoms with van der Waals surface area (Å²) in [5.74, 6) is -0.484. The molecule has 0 aliphatic carbocycles. The van der Waals surface area contributed by atoms with Gasteiger partial charge in [-0.2, -0.15) is 0 Å². The summed E-state index contributed by atoms with van der Waals surface area (Å²) < 4.78 is 5.17. The molecule has 21 heavy (non-hydrogen) atoms. The highest BCUT2D eigenvalue weighted by atomic mass is 16.5. The largest absolute Gasteiger partial charge is 0.477 e. The summed E-state index contributed by atoms with van der Waals surface area (Å²) in [6.07, 6.45) is 0.743. The van der Waals surface area contributed by atoms with Crippen molar-refractivity contribution >= 4 is 22.6 Å². The van der Waals surface area contributed by atoms with E-state index in [-0.39, 0.29) is 12.3 Å². The lowest BCUT2D eigenvalue weighted by atomic mass is 10.1. The highest BCUT2D eigenvalue weighted by Crippen LogP contribution is 2.22. The summed E-state index contributed by atoms with van der Waals surface area (Å²) in [6.45, 7) is 1.49. The van der Waals surface area contributed by atoms with E-state index in [1.165, 1.54) is 0 Å². The minimum absolute atomic E-state index is 0.0142. The molecule has 112 valence electrons. The smallest absolute Gasteiger partial charge is 0.354 e. The van der Waals surface area contributed by atoms with Crippen molar-refractivity contribution in [1.82, 2.24) is 4.98 Å². The third kappa shape index (κ3) is 4.14. The molecule has 0 bridgehead atoms. The summed E-state index contributed by atoms with van der Waals surface area (Å²) in [5.41, 5.74) is 0.0210. The monoisotopic (exact) mass is 290 g/mol. The lowest BCUT2D eigenvalue weighted by molar-refractivity contribution is 0.0691. The van der Waals surface area contributed by atoms with Gasteiger partial charge in [0.25, 0.3) is 0 Å². The number of ether oxygens (including phenoxy) is 1. The Morgan fingerprint density at radius 3 is 2.86 bits per heavy atom. The van der Waals surface area contributed by atoms with E-state index in [2.05, 4.69) is 10.3 Å². The molecule has 0 aliphatic heterocycles. The van der Waals surface area contributed by atoms with Crippen LogP contribution in [0.1, 0.15) is 16.9 Å². The molecule has 1 aromatic heterocycles. The van der Waals surface area contributed by atoms with Gasteiger partial charge in [0, 0.05) is 18.5 Å². The van der Waals surface area contributed by atoms with Crippen LogP contribution in [0, 0.1) is 0 Å². The minimum atomic E-state index is -1.05. The van der Waals surface area contributed by atoms with Crippen LogP contribution in [0.4, 0.5) is 5.82 Å². The maximum absolute atomic E-state index is 11.1. The maximum atomic E-state index is 11.1. The molecule has 2 aromatic rings. The molecule has 0 saturated carbocycles. The van der Waals surface area contributed by atoms with Gasteiger partial charge in [-0.15, -0.1) is 0 Å². The zero-order valence-electron chi connectivity index (χ0n) is 11.6. The van der Waals surface area contributed by atoms with E-state index in [1.54, 1.807) is 6.07 Å². The highest BCUT2D eigenvalue weighted by molar-refractivity contribution is 5.97. The fraction of sp³-hybridized carbons (Fsp3) is 0.333. The van der Waals surface area contributed by atoms with Gasteiger partial charge in [-0.05, 0) is 17.9 Å². The number of hydrogen-bond donors (Lipinski definition) is 3. The van der Waals surface area contributed by atoms with E-state index in [0.29, 0.717) is 25.6 Å². The lowest BCUT2D eigenvalue weighted by Gasteiger charge is -2.10. The molecule has 0 radical (unpaired) electrons. The summed E-state index contributed by atoms with van der Waals surface area (Å²) in [7, 11) is 0. The molecule has 6 heteroatoms. The Hall–Kier alpha value is -2.18. The summed E-state index contributed by atoms with van der Waals surface area (Å²) >= 11 is 0. The van der Waals surface area contributed by atoms with Gasteiger partial charge in [0.05, 0.1) is 13.2 Å². The Balaban J connectivity index is 2.08. The second-order valence-electron chi connectivity index (χ2n) is 4.50. The number of benzene rings is 1. The number of carbonyl (C=O) groups is 1. The van der Waals surface area contributed by atoms with E-state index in [0.717, 1.165) is 17.2 Å². The van der Waals surface area contributed by atoms with Crippen molar-refractivity contribution in [2.24, 2.45) is 0 Å². The number of carboxylic acids is 1. The second-order valence-corrected chi connectivity index (χ2v) is 4.50. The minimum Gasteiger partial charge on any atom is -0.477 e. The fourth-order valence-electron chi connectivity index (χ4n) is 1.99. The van der Waals surface area contributed by atoms with Crippen molar-refractivity contribution in [3.05, 3.63) is 36.0 Å². The first-order chi connectivity index (χ1) is 10.2. The molecule has 1 aromatic carbocycles. The van der Waals surface area contributed by atoms with Crippen LogP contribution in [0.3, 0.4) is 0 Å². The van der Waals surface area contributed by atoms with Gasteiger partial charge in [-0.1, -0.05) is 24.3 Å². The van der Waals surface area contributed by atoms with Crippen molar-refractivity contribution in [1.29, 1.82) is 0 Å². The first kappa shape index (κ1) is 15.2. The van der Waals surface area contributed by atoms with Crippen LogP contribution in [-0.4, -0.2) is 47.5 Å². The molecule has 0 unspecified atom stereocenters. The standard InChI is InChI=1S/C15H18N2O4/c18-7-9-21-8-3-6-16-14-12-5-2-1-4-11(12)10-13(17-14)15(19)20/h1-2,4-5,10,18H,3,6-9H2,(H,16,17)(H,19,20). The van der Waals surface area contributed by atoms with Gasteiger partial charge in [0.15, 0.2) is 5.69 Å². The van der Waals surface area contributed by atoms with Crippen LogP contribution < -0.4 is 5.32 Å². The first-order valence-corrected chi connectivity index (χ1v) is 6.78. The molecule has 0 aliphatic rings. The molecule has 0 saturated heterocycles. The molecular weight excluding hydrogens is 272 g/mol. The third-order valence-electron chi connectivity index (χ3n) is 2.95. The van der Waals surface area contributed by atoms with Crippen molar-refractivity contribution in [2.45, 2.75) is 6.42 Å². The van der Waals surface area contributed by atoms with Crippen LogP contribution in [-0.2, 0) is 4.74 Å². The molecule has 0 spiro atoms. The number of fused-ring (bicyclic) bond motifs is 1. The molecule has 6 nitrogen and oxygen atoms in total. The van der Waals surface area contributed by atoms with E-state index >= 15 is 0 Å². The van der Waals surface area contributed by atoms with Gasteiger partial charge in [-0.3, -0.25) is 0 Å². The summed E-state index contributed by atoms with van der Waals surface area (Å²) in [5, 5.41) is 22.6. The van der Waals surface area contributed by atoms with Crippen molar-refractivity contribution in [3.63, 3.8) is 0 Å². The van der Waals surface area contributed by atoms with Gasteiger partial charge in [-0.25, -0.2) is 9.78 Å². The molecule has 0 atom stereocenters. The molecular formula is C15H18N2O4. The van der Waals surface area contributed by atoms with E-state index in [4.69, 9.17) is 14.9 Å². The molecule has 0 fully saturated rings. The Kier molecular flexibility index (Phi) is 5.48. The van der Waals surface area contributed by atoms with E-state index in [9.17, 15) is 4.79 Å². The second kappa shape index (κ2) is 7.56. The number of carboxylic acid groups (broad SMARTS) is 1. The summed E-state index contributed by atoms with van der Waals surface area (Å²) in [4.78, 5) is 15.3. The Bertz CT molecular complexity index is 616. The fourth-order valence-corrected chi connectivity index (χ4v) is 1.99. The van der Waals surface area contributed by atoms with Gasteiger partial charge in [0.1, 0.15) is 5.82 Å². The normalized spacial score (nSPS) is 10.7. The van der Waals surface area contributed by atoms with Crippen LogP contribution in [0.2, 0.25) is 0 Å². The highest BCUT2D eigenvalue weighted by Gasteiger charge is 2.10. The van der Waals surface area contributed by atoms with Crippen LogP contribution in [0.15, 0.2) is 30.3 Å². The molecule has 0 amide bonds. The van der Waals surface area contributed by atoms with E-state index < -0.39 is 5.97 Å². The number of aromatic carboxylic acids is 1. The number of aliphatic hydroxyl groups is 1. The number of rotatable bonds is 8. The van der Waals surface area contributed by atoms with Gasteiger partial charge < -0.3 is 20.3 Å². The third-order valence-corrected chi connectivity index (χ3v) is 2.95. The SMILES string of the molecule is O=C(O)c1cc2ccccc2c(NCCCOCCO)n1. The topological polar surface area (TPSA) is 91.7 Å². The zero-order valence-corrected chi connectivity index (χ0v) is 11.6. The van der Waals surface area contributed by atoms with Crippen molar-refractivity contribution < 1.29 is 19.7 Å². The van der Waals surface area contributed by atoms with Crippen LogP contribution in [0.25, 0.3) is 10.8 Å². The molecule has 2 rings (SSSR count). The average molecular weight is 290 g/mol. The Morgan fingerprint density at radius 1 is 1.29 bits per heavy atom. The quantitative estimate of drug-likeness (QED) is 0.641. The number of aliphatic hydroxyl groups excluding tert-OH is 1. The Morgan fingerprint density at radius 2 is 2.10 bits per heavy atom. The number of nitrogens with zero attached hydrogens (tertiary/aromatic N) is 1. The van der Waals surface area contributed by atoms with Crippen LogP contribution >= 0.6 is 0 Å². The number of hydrogen-bond acceptors (Lipinski definition) is 5. The van der Waals surface area contributed by atoms with Gasteiger partial charge in [0.2, 0.25) is 0 Å². The summed E-state index contributed by atoms with van der Waals surface area (Å²) in [6, 6.07) is 9.07. The maximum Gasteiger partial charge on any atom is 0.354 e. The predicted octanol–water partition coefficient (Wildman–Crippen LogP) is 1.74. The number of aromatic nitrogens is 1. The van der Waals surface area contributed by atoms with E-state index in [1.807, 2.05) is 24.3 Å². The lowest BCUT2D eigenvalue weighted by Crippen LogP contribution is -2.10. The number of nitrogens with one attached hydrogen (secondary N) is 1. The van der Waals surface area contributed by atoms with Crippen molar-refractivity contribution in [3.8, 4) is 0 Å². The van der Waals surface area contributed by atoms with Crippen LogP contribution in [0.5, 0.6) is 0 Å². The average Bonchev–Trinajstić information content (AvgIpc) is 2.50. The predicted molar refractivity (Wildman–Crippen MR) is 79.7 cm³/mol. The van der Waals surface area contributed by atoms with Gasteiger partial charge >= 0.3 is 5.97 Å². The zero-order chi connectivity index (χ0) is 15.1. The number of pyridine rings is 1. The Labute approximate surface area is 122 Å². The van der Waals surface area contributed by atoms with Crippen molar-refractivity contribution in [2.75, 3.05) is 31.7 Å². The first-order valence-electron chi connectivity index (χ1n) is 6.78. The molecule has 1 heterocycles.